The van der Waals surface area contributed by atoms with E-state index in [0.29, 0.717) is 6.42 Å². The van der Waals surface area contributed by atoms with Crippen LogP contribution in [0.25, 0.3) is 0 Å². The summed E-state index contributed by atoms with van der Waals surface area (Å²) in [4.78, 5) is 24.2. The van der Waals surface area contributed by atoms with Gasteiger partial charge in [0.15, 0.2) is 6.10 Å². The summed E-state index contributed by atoms with van der Waals surface area (Å²) in [5, 5.41) is 19.6. The lowest BCUT2D eigenvalue weighted by molar-refractivity contribution is -0.161. The molecule has 0 spiro atoms. The molecule has 0 radical (unpaired) electrons. The Hall–Kier alpha value is -1.92. The van der Waals surface area contributed by atoms with Gasteiger partial charge in [-0.15, -0.1) is 0 Å². The number of aliphatic hydroxyl groups excluding tert-OH is 2. The Balaban J connectivity index is 3.63. The zero-order valence-corrected chi connectivity index (χ0v) is 29.9. The van der Waals surface area contributed by atoms with Crippen LogP contribution in [0.1, 0.15) is 181 Å². The largest absolute Gasteiger partial charge is 0.462 e. The molecule has 0 amide bonds. The lowest BCUT2D eigenvalue weighted by Crippen LogP contribution is -2.28. The molecule has 0 fully saturated rings. The lowest BCUT2D eigenvalue weighted by Gasteiger charge is -2.15. The highest BCUT2D eigenvalue weighted by molar-refractivity contribution is 5.70. The first-order valence-electron chi connectivity index (χ1n) is 19.2. The third kappa shape index (κ3) is 33.4. The van der Waals surface area contributed by atoms with E-state index in [1.165, 1.54) is 83.5 Å². The monoisotopic (exact) mass is 649 g/mol. The Kier molecular flexibility index (Phi) is 34.4. The lowest BCUT2D eigenvalue weighted by atomic mass is 10.0. The van der Waals surface area contributed by atoms with Gasteiger partial charge in [0.2, 0.25) is 0 Å². The molecule has 0 heterocycles. The maximum absolute atomic E-state index is 12.1. The number of carbonyl (C=O) groups is 2. The Morgan fingerprint density at radius 2 is 1.11 bits per heavy atom. The molecule has 0 aromatic rings. The predicted molar refractivity (Wildman–Crippen MR) is 193 cm³/mol. The zero-order valence-electron chi connectivity index (χ0n) is 29.9. The van der Waals surface area contributed by atoms with Gasteiger partial charge >= 0.3 is 11.9 Å². The molecule has 0 saturated heterocycles. The van der Waals surface area contributed by atoms with Crippen molar-refractivity contribution in [1.82, 2.24) is 0 Å². The Morgan fingerprint density at radius 3 is 1.63 bits per heavy atom. The second-order valence-electron chi connectivity index (χ2n) is 12.8. The first kappa shape index (κ1) is 44.1. The van der Waals surface area contributed by atoms with E-state index in [2.05, 4.69) is 32.1 Å². The highest BCUT2D eigenvalue weighted by Crippen LogP contribution is 2.15. The average Bonchev–Trinajstić information content (AvgIpc) is 3.05. The van der Waals surface area contributed by atoms with Crippen LogP contribution in [0.15, 0.2) is 36.5 Å². The van der Waals surface area contributed by atoms with Crippen LogP contribution in [-0.4, -0.2) is 47.6 Å². The summed E-state index contributed by atoms with van der Waals surface area (Å²) in [6.45, 7) is 3.93. The minimum Gasteiger partial charge on any atom is -0.462 e. The van der Waals surface area contributed by atoms with Crippen LogP contribution in [0.2, 0.25) is 0 Å². The zero-order chi connectivity index (χ0) is 33.8. The Labute approximate surface area is 283 Å². The molecule has 6 nitrogen and oxygen atoms in total. The summed E-state index contributed by atoms with van der Waals surface area (Å²) in [5.41, 5.74) is 0. The third-order valence-corrected chi connectivity index (χ3v) is 8.30. The van der Waals surface area contributed by atoms with Crippen LogP contribution in [0, 0.1) is 0 Å². The molecule has 268 valence electrons. The van der Waals surface area contributed by atoms with Crippen LogP contribution >= 0.6 is 0 Å². The molecule has 0 aliphatic carbocycles. The van der Waals surface area contributed by atoms with Crippen LogP contribution in [-0.2, 0) is 19.1 Å². The van der Waals surface area contributed by atoms with Crippen molar-refractivity contribution in [2.75, 3.05) is 13.2 Å². The summed E-state index contributed by atoms with van der Waals surface area (Å²) in [6, 6.07) is 0. The van der Waals surface area contributed by atoms with Crippen molar-refractivity contribution >= 4 is 11.9 Å². The van der Waals surface area contributed by atoms with Gasteiger partial charge in [0.25, 0.3) is 0 Å². The van der Waals surface area contributed by atoms with Crippen molar-refractivity contribution in [3.8, 4) is 0 Å². The fraction of sp³-hybridized carbons (Fsp3) is 0.800. The van der Waals surface area contributed by atoms with Gasteiger partial charge in [0.05, 0.1) is 12.7 Å². The van der Waals surface area contributed by atoms with Crippen LogP contribution in [0.4, 0.5) is 0 Å². The van der Waals surface area contributed by atoms with Gasteiger partial charge in [-0.25, -0.2) is 0 Å². The summed E-state index contributed by atoms with van der Waals surface area (Å²) in [6.07, 6.45) is 39.4. The van der Waals surface area contributed by atoms with Crippen LogP contribution < -0.4 is 0 Å². The molecule has 46 heavy (non-hydrogen) atoms. The number of hydrogen-bond donors (Lipinski definition) is 2. The topological polar surface area (TPSA) is 93.1 Å². The molecular weight excluding hydrogens is 576 g/mol. The molecule has 0 rings (SSSR count). The minimum absolute atomic E-state index is 0.0948. The second-order valence-corrected chi connectivity index (χ2v) is 12.8. The van der Waals surface area contributed by atoms with Crippen LogP contribution in [0.3, 0.4) is 0 Å². The van der Waals surface area contributed by atoms with E-state index in [-0.39, 0.29) is 31.6 Å². The van der Waals surface area contributed by atoms with E-state index in [1.807, 2.05) is 18.2 Å². The highest BCUT2D eigenvalue weighted by Gasteiger charge is 2.16. The Bertz CT molecular complexity index is 759. The summed E-state index contributed by atoms with van der Waals surface area (Å²) >= 11 is 0. The molecule has 1 unspecified atom stereocenters. The number of unbranched alkanes of at least 4 members (excludes halogenated alkanes) is 19. The minimum atomic E-state index is -0.806. The van der Waals surface area contributed by atoms with Crippen molar-refractivity contribution < 1.29 is 29.3 Å². The molecule has 0 aliphatic rings. The van der Waals surface area contributed by atoms with E-state index in [9.17, 15) is 19.8 Å². The number of rotatable bonds is 34. The fourth-order valence-corrected chi connectivity index (χ4v) is 5.38. The number of aliphatic hydroxyl groups is 2. The number of allylic oxidation sites excluding steroid dienone is 5. The highest BCUT2D eigenvalue weighted by atomic mass is 16.6. The van der Waals surface area contributed by atoms with Gasteiger partial charge in [-0.3, -0.25) is 9.59 Å². The third-order valence-electron chi connectivity index (χ3n) is 8.30. The SMILES string of the molecule is CC/C=C/C/C=C/C=C/C(O)CCCCCCCC(=O)O[C@@H](CO)COC(=O)CCCCCCCCCCCCCCCCCC. The fourth-order valence-electron chi connectivity index (χ4n) is 5.38. The van der Waals surface area contributed by atoms with E-state index in [1.54, 1.807) is 0 Å². The molecule has 2 N–H and O–H groups in total. The van der Waals surface area contributed by atoms with Crippen molar-refractivity contribution in [2.45, 2.75) is 193 Å². The number of esters is 2. The second kappa shape index (κ2) is 35.9. The van der Waals surface area contributed by atoms with Crippen molar-refractivity contribution in [2.24, 2.45) is 0 Å². The molecule has 0 aromatic carbocycles. The summed E-state index contributed by atoms with van der Waals surface area (Å²) in [7, 11) is 0. The first-order chi connectivity index (χ1) is 22.5. The van der Waals surface area contributed by atoms with Crippen LogP contribution in [0.5, 0.6) is 0 Å². The molecule has 0 aromatic heterocycles. The van der Waals surface area contributed by atoms with Gasteiger partial charge in [-0.05, 0) is 32.1 Å². The Morgan fingerprint density at radius 1 is 0.609 bits per heavy atom. The van der Waals surface area contributed by atoms with Gasteiger partial charge in [0, 0.05) is 12.8 Å². The van der Waals surface area contributed by atoms with Gasteiger partial charge in [-0.2, -0.15) is 0 Å². The van der Waals surface area contributed by atoms with Gasteiger partial charge in [0.1, 0.15) is 6.61 Å². The average molecular weight is 649 g/mol. The molecule has 0 aliphatic heterocycles. The molecule has 0 bridgehead atoms. The van der Waals surface area contributed by atoms with Crippen molar-refractivity contribution in [3.05, 3.63) is 36.5 Å². The van der Waals surface area contributed by atoms with Gasteiger partial charge < -0.3 is 19.7 Å². The molecule has 0 saturated carbocycles. The number of carbonyl (C=O) groups excluding carboxylic acids is 2. The van der Waals surface area contributed by atoms with E-state index >= 15 is 0 Å². The number of hydrogen-bond acceptors (Lipinski definition) is 6. The normalized spacial score (nSPS) is 13.2. The van der Waals surface area contributed by atoms with E-state index < -0.39 is 12.2 Å². The standard InChI is InChI=1S/C40H72O6/c1-3-5-7-9-11-12-13-14-15-16-17-18-19-21-25-29-33-39(43)45-36-38(35-41)46-40(44)34-30-26-22-24-28-32-37(42)31-27-23-20-10-8-6-4-2/h6,8,20,23,27,31,37-38,41-42H,3-5,7,9-19,21-22,24-26,28-30,32-36H2,1-2H3/b8-6+,23-20+,31-27+/t37?,38-/m0/s1. The van der Waals surface area contributed by atoms with E-state index in [0.717, 1.165) is 70.6 Å². The maximum Gasteiger partial charge on any atom is 0.306 e. The van der Waals surface area contributed by atoms with Gasteiger partial charge in [-0.1, -0.05) is 172 Å². The first-order valence-corrected chi connectivity index (χ1v) is 19.2. The molecular formula is C40H72O6. The van der Waals surface area contributed by atoms with Crippen molar-refractivity contribution in [3.63, 3.8) is 0 Å². The van der Waals surface area contributed by atoms with E-state index in [4.69, 9.17) is 9.47 Å². The van der Waals surface area contributed by atoms with Crippen molar-refractivity contribution in [1.29, 1.82) is 0 Å². The smallest absolute Gasteiger partial charge is 0.306 e. The summed E-state index contributed by atoms with van der Waals surface area (Å²) < 4.78 is 10.6. The molecule has 2 atom stereocenters. The quantitative estimate of drug-likeness (QED) is 0.0312. The predicted octanol–water partition coefficient (Wildman–Crippen LogP) is 10.6. The molecule has 6 heteroatoms. The summed E-state index contributed by atoms with van der Waals surface area (Å²) in [5.74, 6) is -0.663. The maximum atomic E-state index is 12.1. The number of ether oxygens (including phenoxy) is 2.